The van der Waals surface area contributed by atoms with Crippen LogP contribution in [0.5, 0.6) is 11.5 Å². The van der Waals surface area contributed by atoms with Gasteiger partial charge in [-0.1, -0.05) is 18.6 Å². The van der Waals surface area contributed by atoms with Crippen LogP contribution in [0.1, 0.15) is 25.7 Å². The van der Waals surface area contributed by atoms with E-state index in [9.17, 15) is 0 Å². The SMILES string of the molecule is COCCNCC1(CCOc2ccccc2OC)CCC1. The topological polar surface area (TPSA) is 39.7 Å². The molecule has 1 N–H and O–H groups in total. The van der Waals surface area contributed by atoms with E-state index in [2.05, 4.69) is 5.32 Å². The molecule has 4 heteroatoms. The summed E-state index contributed by atoms with van der Waals surface area (Å²) in [6.07, 6.45) is 5.01. The van der Waals surface area contributed by atoms with Gasteiger partial charge in [0, 0.05) is 20.2 Å². The molecular weight excluding hydrogens is 266 g/mol. The molecule has 0 aromatic heterocycles. The molecule has 21 heavy (non-hydrogen) atoms. The van der Waals surface area contributed by atoms with Crippen molar-refractivity contribution in [3.8, 4) is 11.5 Å². The summed E-state index contributed by atoms with van der Waals surface area (Å²) in [4.78, 5) is 0. The Morgan fingerprint density at radius 1 is 1.10 bits per heavy atom. The van der Waals surface area contributed by atoms with Crippen molar-refractivity contribution < 1.29 is 14.2 Å². The minimum Gasteiger partial charge on any atom is -0.493 e. The molecule has 1 saturated carbocycles. The van der Waals surface area contributed by atoms with Gasteiger partial charge in [-0.3, -0.25) is 0 Å². The summed E-state index contributed by atoms with van der Waals surface area (Å²) in [5, 5.41) is 3.50. The molecule has 0 atom stereocenters. The van der Waals surface area contributed by atoms with Gasteiger partial charge in [0.15, 0.2) is 11.5 Å². The molecule has 0 bridgehead atoms. The van der Waals surface area contributed by atoms with Crippen LogP contribution in [0, 0.1) is 5.41 Å². The van der Waals surface area contributed by atoms with Gasteiger partial charge in [0.25, 0.3) is 0 Å². The van der Waals surface area contributed by atoms with Gasteiger partial charge in [-0.2, -0.15) is 0 Å². The standard InChI is InChI=1S/C17H27NO3/c1-19-13-11-18-14-17(8-5-9-17)10-12-21-16-7-4-3-6-15(16)20-2/h3-4,6-7,18H,5,8-14H2,1-2H3. The first-order chi connectivity index (χ1) is 10.3. The van der Waals surface area contributed by atoms with Crippen LogP contribution in [-0.2, 0) is 4.74 Å². The van der Waals surface area contributed by atoms with Gasteiger partial charge >= 0.3 is 0 Å². The largest absolute Gasteiger partial charge is 0.493 e. The molecule has 0 heterocycles. The van der Waals surface area contributed by atoms with Crippen LogP contribution in [0.25, 0.3) is 0 Å². The molecule has 0 aliphatic heterocycles. The second-order valence-corrected chi connectivity index (χ2v) is 5.77. The number of ether oxygens (including phenoxy) is 3. The predicted octanol–water partition coefficient (Wildman–Crippen LogP) is 2.87. The number of hydrogen-bond acceptors (Lipinski definition) is 4. The molecule has 1 aromatic rings. The summed E-state index contributed by atoms with van der Waals surface area (Å²) in [7, 11) is 3.41. The van der Waals surface area contributed by atoms with E-state index < -0.39 is 0 Å². The highest BCUT2D eigenvalue weighted by atomic mass is 16.5. The summed E-state index contributed by atoms with van der Waals surface area (Å²) in [6, 6.07) is 7.83. The number of hydrogen-bond donors (Lipinski definition) is 1. The zero-order chi connectivity index (χ0) is 15.0. The van der Waals surface area contributed by atoms with Crippen molar-refractivity contribution in [3.05, 3.63) is 24.3 Å². The molecule has 1 fully saturated rings. The Morgan fingerprint density at radius 3 is 2.48 bits per heavy atom. The van der Waals surface area contributed by atoms with Crippen molar-refractivity contribution in [2.24, 2.45) is 5.41 Å². The van der Waals surface area contributed by atoms with Crippen molar-refractivity contribution >= 4 is 0 Å². The quantitative estimate of drug-likeness (QED) is 0.673. The first-order valence-corrected chi connectivity index (χ1v) is 7.75. The molecule has 1 aromatic carbocycles. The first kappa shape index (κ1) is 16.1. The lowest BCUT2D eigenvalue weighted by molar-refractivity contribution is 0.0879. The molecule has 0 unspecified atom stereocenters. The van der Waals surface area contributed by atoms with Gasteiger partial charge in [0.05, 0.1) is 20.3 Å². The second-order valence-electron chi connectivity index (χ2n) is 5.77. The maximum Gasteiger partial charge on any atom is 0.161 e. The first-order valence-electron chi connectivity index (χ1n) is 7.75. The molecule has 1 aliphatic carbocycles. The monoisotopic (exact) mass is 293 g/mol. The fraction of sp³-hybridized carbons (Fsp3) is 0.647. The van der Waals surface area contributed by atoms with E-state index in [1.54, 1.807) is 14.2 Å². The fourth-order valence-corrected chi connectivity index (χ4v) is 2.84. The average molecular weight is 293 g/mol. The van der Waals surface area contributed by atoms with Gasteiger partial charge in [-0.05, 0) is 36.8 Å². The third-order valence-electron chi connectivity index (χ3n) is 4.36. The highest BCUT2D eigenvalue weighted by Gasteiger charge is 2.36. The lowest BCUT2D eigenvalue weighted by atomic mass is 9.67. The minimum atomic E-state index is 0.412. The van der Waals surface area contributed by atoms with Crippen LogP contribution in [0.15, 0.2) is 24.3 Å². The van der Waals surface area contributed by atoms with Crippen LogP contribution < -0.4 is 14.8 Å². The highest BCUT2D eigenvalue weighted by Crippen LogP contribution is 2.43. The van der Waals surface area contributed by atoms with E-state index in [1.807, 2.05) is 24.3 Å². The summed E-state index contributed by atoms with van der Waals surface area (Å²) >= 11 is 0. The van der Waals surface area contributed by atoms with Crippen molar-refractivity contribution in [1.29, 1.82) is 0 Å². The van der Waals surface area contributed by atoms with Crippen molar-refractivity contribution in [2.45, 2.75) is 25.7 Å². The maximum atomic E-state index is 5.91. The normalized spacial score (nSPS) is 16.3. The van der Waals surface area contributed by atoms with Crippen molar-refractivity contribution in [3.63, 3.8) is 0 Å². The van der Waals surface area contributed by atoms with Crippen LogP contribution in [-0.4, -0.2) is 40.5 Å². The van der Waals surface area contributed by atoms with Crippen LogP contribution in [0.2, 0.25) is 0 Å². The Hall–Kier alpha value is -1.26. The van der Waals surface area contributed by atoms with E-state index in [-0.39, 0.29) is 0 Å². The second kappa shape index (κ2) is 8.25. The van der Waals surface area contributed by atoms with E-state index in [0.717, 1.165) is 44.2 Å². The number of para-hydroxylation sites is 2. The number of benzene rings is 1. The number of nitrogens with one attached hydrogen (secondary N) is 1. The van der Waals surface area contributed by atoms with Crippen LogP contribution >= 0.6 is 0 Å². The number of rotatable bonds is 10. The van der Waals surface area contributed by atoms with E-state index in [4.69, 9.17) is 14.2 Å². The average Bonchev–Trinajstić information content (AvgIpc) is 2.48. The molecule has 1 aliphatic rings. The molecule has 0 saturated heterocycles. The molecule has 0 spiro atoms. The number of methoxy groups -OCH3 is 2. The van der Waals surface area contributed by atoms with Gasteiger partial charge in [0.1, 0.15) is 0 Å². The molecule has 2 rings (SSSR count). The Balaban J connectivity index is 1.75. The van der Waals surface area contributed by atoms with Gasteiger partial charge in [0.2, 0.25) is 0 Å². The minimum absolute atomic E-state index is 0.412. The van der Waals surface area contributed by atoms with Crippen LogP contribution in [0.3, 0.4) is 0 Å². The van der Waals surface area contributed by atoms with Gasteiger partial charge < -0.3 is 19.5 Å². The smallest absolute Gasteiger partial charge is 0.161 e. The zero-order valence-corrected chi connectivity index (χ0v) is 13.2. The third kappa shape index (κ3) is 4.61. The van der Waals surface area contributed by atoms with E-state index in [1.165, 1.54) is 19.3 Å². The van der Waals surface area contributed by atoms with Crippen molar-refractivity contribution in [2.75, 3.05) is 40.5 Å². The molecular formula is C17H27NO3. The fourth-order valence-electron chi connectivity index (χ4n) is 2.84. The lowest BCUT2D eigenvalue weighted by Gasteiger charge is -2.42. The Kier molecular flexibility index (Phi) is 6.33. The zero-order valence-electron chi connectivity index (χ0n) is 13.2. The molecule has 4 nitrogen and oxygen atoms in total. The molecule has 0 amide bonds. The lowest BCUT2D eigenvalue weighted by Crippen LogP contribution is -2.41. The molecule has 118 valence electrons. The van der Waals surface area contributed by atoms with E-state index >= 15 is 0 Å². The Morgan fingerprint density at radius 2 is 1.86 bits per heavy atom. The molecule has 0 radical (unpaired) electrons. The van der Waals surface area contributed by atoms with Crippen LogP contribution in [0.4, 0.5) is 0 Å². The van der Waals surface area contributed by atoms with Gasteiger partial charge in [-0.15, -0.1) is 0 Å². The Labute approximate surface area is 127 Å². The van der Waals surface area contributed by atoms with Crippen molar-refractivity contribution in [1.82, 2.24) is 5.32 Å². The predicted molar refractivity (Wildman–Crippen MR) is 84.1 cm³/mol. The summed E-state index contributed by atoms with van der Waals surface area (Å²) < 4.78 is 16.3. The third-order valence-corrected chi connectivity index (χ3v) is 4.36. The highest BCUT2D eigenvalue weighted by molar-refractivity contribution is 5.39. The Bertz CT molecular complexity index is 418. The summed E-state index contributed by atoms with van der Waals surface area (Å²) in [5.41, 5.74) is 0.412. The summed E-state index contributed by atoms with van der Waals surface area (Å²) in [5.74, 6) is 1.64. The van der Waals surface area contributed by atoms with Gasteiger partial charge in [-0.25, -0.2) is 0 Å². The summed E-state index contributed by atoms with van der Waals surface area (Å²) in [6.45, 7) is 3.50. The van der Waals surface area contributed by atoms with E-state index in [0.29, 0.717) is 5.41 Å². The maximum absolute atomic E-state index is 5.91.